The van der Waals surface area contributed by atoms with Crippen molar-refractivity contribution in [3.8, 4) is 0 Å². The highest BCUT2D eigenvalue weighted by atomic mass is 35.5. The van der Waals surface area contributed by atoms with Crippen molar-refractivity contribution in [1.29, 1.82) is 0 Å². The van der Waals surface area contributed by atoms with Gasteiger partial charge in [0.05, 0.1) is 0 Å². The molecule has 0 saturated carbocycles. The summed E-state index contributed by atoms with van der Waals surface area (Å²) in [5.41, 5.74) is 1.97. The highest BCUT2D eigenvalue weighted by molar-refractivity contribution is 7.99. The van der Waals surface area contributed by atoms with Crippen LogP contribution in [0.15, 0.2) is 47.4 Å². The lowest BCUT2D eigenvalue weighted by Gasteiger charge is -2.31. The normalized spacial score (nSPS) is 12.0. The summed E-state index contributed by atoms with van der Waals surface area (Å²) in [6.07, 6.45) is 0.843. The number of carbonyl (C=O) groups is 2. The number of nitrogens with zero attached hydrogens (tertiary/aromatic N) is 1. The molecule has 1 N–H and O–H groups in total. The number of carbonyl (C=O) groups excluding carboxylic acids is 2. The van der Waals surface area contributed by atoms with Crippen LogP contribution in [0.25, 0.3) is 0 Å². The number of benzene rings is 2. The fourth-order valence-electron chi connectivity index (χ4n) is 3.17. The molecule has 31 heavy (non-hydrogen) atoms. The summed E-state index contributed by atoms with van der Waals surface area (Å²) in [6, 6.07) is 12.9. The van der Waals surface area contributed by atoms with Gasteiger partial charge < -0.3 is 10.2 Å². The average Bonchev–Trinajstić information content (AvgIpc) is 2.70. The Morgan fingerprint density at radius 3 is 2.35 bits per heavy atom. The monoisotopic (exact) mass is 480 g/mol. The highest BCUT2D eigenvalue weighted by Gasteiger charge is 2.29. The Bertz CT molecular complexity index is 888. The molecule has 0 bridgehead atoms. The number of aryl methyl sites for hydroxylation is 1. The fourth-order valence-corrected chi connectivity index (χ4v) is 4.48. The van der Waals surface area contributed by atoms with E-state index in [1.807, 2.05) is 27.7 Å². The van der Waals surface area contributed by atoms with Gasteiger partial charge in [-0.15, -0.1) is 11.8 Å². The Labute approximate surface area is 199 Å². The summed E-state index contributed by atoms with van der Waals surface area (Å²) in [4.78, 5) is 28.8. The summed E-state index contributed by atoms with van der Waals surface area (Å²) >= 11 is 14.0. The van der Waals surface area contributed by atoms with Gasteiger partial charge in [0.25, 0.3) is 0 Å². The van der Waals surface area contributed by atoms with Gasteiger partial charge in [0.2, 0.25) is 11.8 Å². The van der Waals surface area contributed by atoms with Crippen LogP contribution in [0.4, 0.5) is 0 Å². The van der Waals surface area contributed by atoms with Gasteiger partial charge in [-0.2, -0.15) is 0 Å². The number of nitrogens with one attached hydrogen (secondary N) is 1. The average molecular weight is 481 g/mol. The molecule has 0 aromatic heterocycles. The molecule has 2 aromatic carbocycles. The van der Waals surface area contributed by atoms with Crippen LogP contribution in [0.3, 0.4) is 0 Å². The molecule has 4 nitrogen and oxygen atoms in total. The van der Waals surface area contributed by atoms with E-state index in [1.54, 1.807) is 34.9 Å². The van der Waals surface area contributed by atoms with Crippen molar-refractivity contribution in [1.82, 2.24) is 10.2 Å². The second-order valence-electron chi connectivity index (χ2n) is 7.76. The molecule has 0 radical (unpaired) electrons. The minimum Gasteiger partial charge on any atom is -0.352 e. The molecule has 0 aliphatic rings. The standard InChI is InChI=1S/C24H30Cl2N2O2S/c1-5-22(24(30)27-16(2)3)28(15-18-8-9-19(25)14-21(18)26)23(29)12-13-31-20-10-6-17(4)7-11-20/h6-11,14,16,22H,5,12-13,15H2,1-4H3,(H,27,30)/t22-/m0/s1. The zero-order chi connectivity index (χ0) is 23.0. The fraction of sp³-hybridized carbons (Fsp3) is 0.417. The van der Waals surface area contributed by atoms with Crippen molar-refractivity contribution in [3.05, 3.63) is 63.6 Å². The molecular weight excluding hydrogens is 451 g/mol. The third kappa shape index (κ3) is 8.06. The maximum Gasteiger partial charge on any atom is 0.243 e. The second-order valence-corrected chi connectivity index (χ2v) is 9.77. The number of amides is 2. The third-order valence-corrected chi connectivity index (χ3v) is 6.38. The quantitative estimate of drug-likeness (QED) is 0.416. The van der Waals surface area contributed by atoms with Gasteiger partial charge >= 0.3 is 0 Å². The summed E-state index contributed by atoms with van der Waals surface area (Å²) in [7, 11) is 0. The summed E-state index contributed by atoms with van der Waals surface area (Å²) in [5, 5.41) is 3.95. The molecule has 0 spiro atoms. The topological polar surface area (TPSA) is 49.4 Å². The van der Waals surface area contributed by atoms with Gasteiger partial charge in [-0.1, -0.05) is 53.9 Å². The molecular formula is C24H30Cl2N2O2S. The summed E-state index contributed by atoms with van der Waals surface area (Å²) in [6.45, 7) is 8.03. The smallest absolute Gasteiger partial charge is 0.243 e. The Kier molecular flexibility index (Phi) is 10.2. The van der Waals surface area contributed by atoms with Gasteiger partial charge in [0.15, 0.2) is 0 Å². The van der Waals surface area contributed by atoms with Crippen molar-refractivity contribution < 1.29 is 9.59 Å². The van der Waals surface area contributed by atoms with E-state index in [4.69, 9.17) is 23.2 Å². The molecule has 0 heterocycles. The lowest BCUT2D eigenvalue weighted by atomic mass is 10.1. The van der Waals surface area contributed by atoms with Crippen LogP contribution >= 0.6 is 35.0 Å². The first kappa shape index (κ1) is 25.6. The second kappa shape index (κ2) is 12.4. The highest BCUT2D eigenvalue weighted by Crippen LogP contribution is 2.25. The van der Waals surface area contributed by atoms with Crippen molar-refractivity contribution in [3.63, 3.8) is 0 Å². The number of hydrogen-bond donors (Lipinski definition) is 1. The Hall–Kier alpha value is -1.69. The van der Waals surface area contributed by atoms with Crippen molar-refractivity contribution >= 4 is 46.8 Å². The molecule has 0 unspecified atom stereocenters. The lowest BCUT2D eigenvalue weighted by molar-refractivity contribution is -0.141. The lowest BCUT2D eigenvalue weighted by Crippen LogP contribution is -2.50. The van der Waals surface area contributed by atoms with Gasteiger partial charge in [0.1, 0.15) is 6.04 Å². The van der Waals surface area contributed by atoms with Crippen molar-refractivity contribution in [2.75, 3.05) is 5.75 Å². The van der Waals surface area contributed by atoms with E-state index in [2.05, 4.69) is 29.6 Å². The van der Waals surface area contributed by atoms with E-state index in [-0.39, 0.29) is 24.4 Å². The maximum absolute atomic E-state index is 13.2. The minimum absolute atomic E-state index is 0.00489. The molecule has 0 fully saturated rings. The number of rotatable bonds is 10. The Morgan fingerprint density at radius 2 is 1.77 bits per heavy atom. The molecule has 2 rings (SSSR count). The van der Waals surface area contributed by atoms with Crippen LogP contribution in [0, 0.1) is 6.92 Å². The third-order valence-electron chi connectivity index (χ3n) is 4.78. The molecule has 0 aliphatic carbocycles. The molecule has 1 atom stereocenters. The van der Waals surface area contributed by atoms with E-state index in [9.17, 15) is 9.59 Å². The Morgan fingerprint density at radius 1 is 1.10 bits per heavy atom. The molecule has 2 amide bonds. The molecule has 168 valence electrons. The van der Waals surface area contributed by atoms with Gasteiger partial charge in [-0.3, -0.25) is 9.59 Å². The van der Waals surface area contributed by atoms with Gasteiger partial charge in [-0.05, 0) is 57.0 Å². The molecule has 2 aromatic rings. The van der Waals surface area contributed by atoms with Crippen LogP contribution in [-0.2, 0) is 16.1 Å². The maximum atomic E-state index is 13.2. The molecule has 0 aliphatic heterocycles. The van der Waals surface area contributed by atoms with Crippen molar-refractivity contribution in [2.45, 2.75) is 64.1 Å². The summed E-state index contributed by atoms with van der Waals surface area (Å²) in [5.74, 6) is 0.410. The first-order chi connectivity index (χ1) is 14.7. The Balaban J connectivity index is 2.16. The van der Waals surface area contributed by atoms with E-state index in [1.165, 1.54) is 5.56 Å². The number of thioether (sulfide) groups is 1. The molecule has 0 saturated heterocycles. The summed E-state index contributed by atoms with van der Waals surface area (Å²) < 4.78 is 0. The van der Waals surface area contributed by atoms with Crippen LogP contribution in [0.2, 0.25) is 10.0 Å². The number of hydrogen-bond acceptors (Lipinski definition) is 3. The zero-order valence-electron chi connectivity index (χ0n) is 18.5. The zero-order valence-corrected chi connectivity index (χ0v) is 20.8. The van der Waals surface area contributed by atoms with Crippen molar-refractivity contribution in [2.24, 2.45) is 0 Å². The van der Waals surface area contributed by atoms with Crippen LogP contribution in [0.5, 0.6) is 0 Å². The first-order valence-corrected chi connectivity index (χ1v) is 12.2. The minimum atomic E-state index is -0.564. The van der Waals surface area contributed by atoms with Crippen LogP contribution < -0.4 is 5.32 Å². The van der Waals surface area contributed by atoms with E-state index >= 15 is 0 Å². The predicted molar refractivity (Wildman–Crippen MR) is 131 cm³/mol. The van der Waals surface area contributed by atoms with E-state index < -0.39 is 6.04 Å². The number of halogens is 2. The van der Waals surface area contributed by atoms with Crippen LogP contribution in [0.1, 0.15) is 44.7 Å². The first-order valence-electron chi connectivity index (χ1n) is 10.4. The van der Waals surface area contributed by atoms with E-state index in [0.717, 1.165) is 10.5 Å². The largest absolute Gasteiger partial charge is 0.352 e. The SMILES string of the molecule is CC[C@@H](C(=O)NC(C)C)N(Cc1ccc(Cl)cc1Cl)C(=O)CCSc1ccc(C)cc1. The predicted octanol–water partition coefficient (Wildman–Crippen LogP) is 6.12. The van der Waals surface area contributed by atoms with E-state index in [0.29, 0.717) is 28.6 Å². The molecule has 7 heteroatoms. The van der Waals surface area contributed by atoms with Gasteiger partial charge in [-0.25, -0.2) is 0 Å². The van der Waals surface area contributed by atoms with Crippen LogP contribution in [-0.4, -0.2) is 34.6 Å². The van der Waals surface area contributed by atoms with Gasteiger partial charge in [0, 0.05) is 39.7 Å².